The Kier molecular flexibility index (Phi) is 2.98. The van der Waals surface area contributed by atoms with Gasteiger partial charge in [0.15, 0.2) is 0 Å². The van der Waals surface area contributed by atoms with E-state index in [0.717, 1.165) is 17.4 Å². The van der Waals surface area contributed by atoms with Crippen molar-refractivity contribution in [1.29, 1.82) is 5.26 Å². The molecule has 3 rings (SSSR count). The van der Waals surface area contributed by atoms with E-state index in [0.29, 0.717) is 10.6 Å². The fourth-order valence-corrected chi connectivity index (χ4v) is 2.58. The minimum atomic E-state index is 0.622. The second-order valence-corrected chi connectivity index (χ2v) is 4.81. The van der Waals surface area contributed by atoms with Gasteiger partial charge in [-0.2, -0.15) is 5.26 Å². The molecule has 19 heavy (non-hydrogen) atoms. The van der Waals surface area contributed by atoms with E-state index in [2.05, 4.69) is 22.8 Å². The van der Waals surface area contributed by atoms with Crippen molar-refractivity contribution in [2.75, 3.05) is 0 Å². The molecular formula is C16H11ClN2. The molecule has 0 radical (unpaired) electrons. The van der Waals surface area contributed by atoms with Crippen LogP contribution in [0.5, 0.6) is 0 Å². The minimum absolute atomic E-state index is 0.622. The molecule has 0 aliphatic heterocycles. The Labute approximate surface area is 116 Å². The van der Waals surface area contributed by atoms with E-state index in [9.17, 15) is 5.26 Å². The summed E-state index contributed by atoms with van der Waals surface area (Å²) < 4.78 is 2.06. The second kappa shape index (κ2) is 4.79. The molecule has 3 heteroatoms. The standard InChI is InChI=1S/C16H11ClN2/c17-14-7-4-8-15-16(14)13(9-18)11-19(15)10-12-5-2-1-3-6-12/h1-8,11H,10H2. The molecular weight excluding hydrogens is 256 g/mol. The van der Waals surface area contributed by atoms with Gasteiger partial charge in [0.25, 0.3) is 0 Å². The van der Waals surface area contributed by atoms with Crippen molar-refractivity contribution in [3.8, 4) is 6.07 Å². The van der Waals surface area contributed by atoms with Crippen LogP contribution in [-0.2, 0) is 6.54 Å². The molecule has 92 valence electrons. The number of nitriles is 1. The molecule has 0 unspecified atom stereocenters. The summed E-state index contributed by atoms with van der Waals surface area (Å²) in [4.78, 5) is 0. The summed E-state index contributed by atoms with van der Waals surface area (Å²) >= 11 is 6.19. The average molecular weight is 267 g/mol. The molecule has 2 aromatic carbocycles. The Balaban J connectivity index is 2.15. The van der Waals surface area contributed by atoms with Crippen LogP contribution in [0.1, 0.15) is 11.1 Å². The van der Waals surface area contributed by atoms with Crippen LogP contribution in [-0.4, -0.2) is 4.57 Å². The number of benzene rings is 2. The van der Waals surface area contributed by atoms with Gasteiger partial charge in [-0.05, 0) is 17.7 Å². The molecule has 0 N–H and O–H groups in total. The third-order valence-electron chi connectivity index (χ3n) is 3.17. The zero-order chi connectivity index (χ0) is 13.2. The van der Waals surface area contributed by atoms with Gasteiger partial charge in [0.2, 0.25) is 0 Å². The normalized spacial score (nSPS) is 10.5. The van der Waals surface area contributed by atoms with E-state index in [-0.39, 0.29) is 0 Å². The second-order valence-electron chi connectivity index (χ2n) is 4.40. The van der Waals surface area contributed by atoms with Gasteiger partial charge in [0.05, 0.1) is 16.1 Å². The Bertz CT molecular complexity index is 767. The largest absolute Gasteiger partial charge is 0.342 e. The number of hydrogen-bond donors (Lipinski definition) is 0. The van der Waals surface area contributed by atoms with Crippen molar-refractivity contribution < 1.29 is 0 Å². The van der Waals surface area contributed by atoms with Crippen LogP contribution >= 0.6 is 11.6 Å². The van der Waals surface area contributed by atoms with Crippen molar-refractivity contribution in [1.82, 2.24) is 4.57 Å². The third-order valence-corrected chi connectivity index (χ3v) is 3.49. The van der Waals surface area contributed by atoms with Crippen molar-refractivity contribution in [2.24, 2.45) is 0 Å². The monoisotopic (exact) mass is 266 g/mol. The summed E-state index contributed by atoms with van der Waals surface area (Å²) in [5.41, 5.74) is 2.81. The first-order chi connectivity index (χ1) is 9.29. The number of halogens is 1. The van der Waals surface area contributed by atoms with Crippen LogP contribution in [0.3, 0.4) is 0 Å². The molecule has 0 amide bonds. The van der Waals surface area contributed by atoms with Gasteiger partial charge in [-0.1, -0.05) is 48.0 Å². The molecule has 0 saturated heterocycles. The van der Waals surface area contributed by atoms with Gasteiger partial charge in [0.1, 0.15) is 6.07 Å². The maximum atomic E-state index is 9.22. The van der Waals surface area contributed by atoms with E-state index in [4.69, 9.17) is 11.6 Å². The average Bonchev–Trinajstić information content (AvgIpc) is 2.80. The number of fused-ring (bicyclic) bond motifs is 1. The zero-order valence-corrected chi connectivity index (χ0v) is 10.9. The van der Waals surface area contributed by atoms with Crippen LogP contribution in [0.25, 0.3) is 10.9 Å². The van der Waals surface area contributed by atoms with Crippen LogP contribution in [0.15, 0.2) is 54.7 Å². The summed E-state index contributed by atoms with van der Waals surface area (Å²) in [7, 11) is 0. The molecule has 3 aromatic rings. The molecule has 2 nitrogen and oxygen atoms in total. The van der Waals surface area contributed by atoms with Crippen LogP contribution in [0.2, 0.25) is 5.02 Å². The summed E-state index contributed by atoms with van der Waals surface area (Å²) in [5.74, 6) is 0. The van der Waals surface area contributed by atoms with Gasteiger partial charge in [-0.15, -0.1) is 0 Å². The smallest absolute Gasteiger partial charge is 0.101 e. The fraction of sp³-hybridized carbons (Fsp3) is 0.0625. The lowest BCUT2D eigenvalue weighted by molar-refractivity contribution is 0.836. The highest BCUT2D eigenvalue weighted by atomic mass is 35.5. The lowest BCUT2D eigenvalue weighted by Gasteiger charge is -2.05. The molecule has 0 saturated carbocycles. The maximum absolute atomic E-state index is 9.22. The summed E-state index contributed by atoms with van der Waals surface area (Å²) in [6.45, 7) is 0.735. The lowest BCUT2D eigenvalue weighted by atomic mass is 10.2. The molecule has 0 atom stereocenters. The van der Waals surface area contributed by atoms with Crippen molar-refractivity contribution in [3.05, 3.63) is 70.9 Å². The van der Waals surface area contributed by atoms with Crippen molar-refractivity contribution in [3.63, 3.8) is 0 Å². The van der Waals surface area contributed by atoms with Crippen molar-refractivity contribution >= 4 is 22.5 Å². The highest BCUT2D eigenvalue weighted by Gasteiger charge is 2.11. The number of nitrogens with zero attached hydrogens (tertiary/aromatic N) is 2. The third kappa shape index (κ3) is 2.09. The zero-order valence-electron chi connectivity index (χ0n) is 10.2. The minimum Gasteiger partial charge on any atom is -0.342 e. The summed E-state index contributed by atoms with van der Waals surface area (Å²) in [5, 5.41) is 10.7. The SMILES string of the molecule is N#Cc1cn(Cc2ccccc2)c2cccc(Cl)c12. The van der Waals surface area contributed by atoms with E-state index in [1.165, 1.54) is 5.56 Å². The van der Waals surface area contributed by atoms with E-state index < -0.39 is 0 Å². The maximum Gasteiger partial charge on any atom is 0.101 e. The molecule has 0 aliphatic carbocycles. The summed E-state index contributed by atoms with van der Waals surface area (Å²) in [6.07, 6.45) is 1.86. The highest BCUT2D eigenvalue weighted by molar-refractivity contribution is 6.35. The van der Waals surface area contributed by atoms with Gasteiger partial charge in [0, 0.05) is 18.1 Å². The molecule has 0 bridgehead atoms. The lowest BCUT2D eigenvalue weighted by Crippen LogP contribution is -1.97. The first-order valence-electron chi connectivity index (χ1n) is 6.01. The van der Waals surface area contributed by atoms with Crippen LogP contribution in [0.4, 0.5) is 0 Å². The highest BCUT2D eigenvalue weighted by Crippen LogP contribution is 2.28. The van der Waals surface area contributed by atoms with Gasteiger partial charge >= 0.3 is 0 Å². The number of aromatic nitrogens is 1. The number of rotatable bonds is 2. The first kappa shape index (κ1) is 11.8. The van der Waals surface area contributed by atoms with Crippen LogP contribution < -0.4 is 0 Å². The first-order valence-corrected chi connectivity index (χ1v) is 6.39. The topological polar surface area (TPSA) is 28.7 Å². The Morgan fingerprint density at radius 1 is 1.05 bits per heavy atom. The van der Waals surface area contributed by atoms with E-state index in [1.54, 1.807) is 0 Å². The van der Waals surface area contributed by atoms with Gasteiger partial charge < -0.3 is 4.57 Å². The molecule has 0 spiro atoms. The van der Waals surface area contributed by atoms with E-state index in [1.807, 2.05) is 42.6 Å². The molecule has 0 fully saturated rings. The Morgan fingerprint density at radius 2 is 1.84 bits per heavy atom. The quantitative estimate of drug-likeness (QED) is 0.683. The van der Waals surface area contributed by atoms with Gasteiger partial charge in [-0.25, -0.2) is 0 Å². The molecule has 0 aliphatic rings. The Morgan fingerprint density at radius 3 is 2.58 bits per heavy atom. The van der Waals surface area contributed by atoms with Crippen LogP contribution in [0, 0.1) is 11.3 Å². The number of hydrogen-bond acceptors (Lipinski definition) is 1. The molecule has 1 heterocycles. The predicted molar refractivity (Wildman–Crippen MR) is 77.2 cm³/mol. The molecule has 1 aromatic heterocycles. The van der Waals surface area contributed by atoms with Crippen molar-refractivity contribution in [2.45, 2.75) is 6.54 Å². The predicted octanol–water partition coefficient (Wildman–Crippen LogP) is 4.21. The van der Waals surface area contributed by atoms with E-state index >= 15 is 0 Å². The fourth-order valence-electron chi connectivity index (χ4n) is 2.30. The Hall–Kier alpha value is -2.24. The summed E-state index contributed by atoms with van der Waals surface area (Å²) in [6, 6.07) is 18.1. The van der Waals surface area contributed by atoms with Gasteiger partial charge in [-0.3, -0.25) is 0 Å².